The van der Waals surface area contributed by atoms with Crippen molar-refractivity contribution in [2.75, 3.05) is 6.61 Å². The van der Waals surface area contributed by atoms with Crippen LogP contribution in [0.5, 0.6) is 28.7 Å². The lowest BCUT2D eigenvalue weighted by atomic mass is 10.1. The molecule has 164 valence electrons. The van der Waals surface area contributed by atoms with Crippen molar-refractivity contribution in [1.82, 2.24) is 0 Å². The van der Waals surface area contributed by atoms with E-state index in [0.717, 1.165) is 24.3 Å². The van der Waals surface area contributed by atoms with Gasteiger partial charge >= 0.3 is 0 Å². The first-order chi connectivity index (χ1) is 14.7. The highest BCUT2D eigenvalue weighted by Crippen LogP contribution is 2.39. The normalized spacial score (nSPS) is 23.3. The lowest BCUT2D eigenvalue weighted by Crippen LogP contribution is -2.36. The van der Waals surface area contributed by atoms with Crippen molar-refractivity contribution >= 4 is 11.0 Å². The van der Waals surface area contributed by atoms with E-state index in [2.05, 4.69) is 0 Å². The second-order valence-corrected chi connectivity index (χ2v) is 6.96. The number of benzene rings is 2. The van der Waals surface area contributed by atoms with Gasteiger partial charge in [-0.2, -0.15) is 0 Å². The van der Waals surface area contributed by atoms with Gasteiger partial charge in [0, 0.05) is 17.7 Å². The first-order valence-electron chi connectivity index (χ1n) is 9.05. The molecule has 0 unspecified atom stereocenters. The average molecular weight is 434 g/mol. The standard InChI is InChI=1S/C20H18O11/c21-6-13-15(26)17(28)20(30-13)31-19-16(27)14-11(25)4-8(22)5-12(14)29-18(19)7-1-2-9(23)10(24)3-7/h1-5,13,15,17,20-26,28H,6H2/t13-,15-,17+,20-/m1/s1. The van der Waals surface area contributed by atoms with Gasteiger partial charge in [-0.1, -0.05) is 0 Å². The molecule has 1 aromatic heterocycles. The number of phenols is 4. The minimum Gasteiger partial charge on any atom is -0.508 e. The van der Waals surface area contributed by atoms with Crippen LogP contribution in [-0.4, -0.2) is 67.0 Å². The van der Waals surface area contributed by atoms with Crippen LogP contribution in [0.4, 0.5) is 0 Å². The fraction of sp³-hybridized carbons (Fsp3) is 0.250. The summed E-state index contributed by atoms with van der Waals surface area (Å²) in [5, 5.41) is 68.3. The monoisotopic (exact) mass is 434 g/mol. The summed E-state index contributed by atoms with van der Waals surface area (Å²) in [5.74, 6) is -2.78. The maximum absolute atomic E-state index is 13.1. The van der Waals surface area contributed by atoms with Crippen LogP contribution >= 0.6 is 0 Å². The number of phenolic OH excluding ortho intramolecular Hbond substituents is 4. The number of rotatable bonds is 4. The van der Waals surface area contributed by atoms with Gasteiger partial charge < -0.3 is 49.6 Å². The van der Waals surface area contributed by atoms with Crippen molar-refractivity contribution in [3.05, 3.63) is 40.6 Å². The molecule has 1 aliphatic rings. The largest absolute Gasteiger partial charge is 0.508 e. The molecule has 4 rings (SSSR count). The molecule has 3 aromatic rings. The summed E-state index contributed by atoms with van der Waals surface area (Å²) in [7, 11) is 0. The maximum atomic E-state index is 13.1. The van der Waals surface area contributed by atoms with Crippen LogP contribution in [-0.2, 0) is 4.74 Å². The zero-order valence-corrected chi connectivity index (χ0v) is 15.7. The van der Waals surface area contributed by atoms with Gasteiger partial charge in [0.15, 0.2) is 17.3 Å². The van der Waals surface area contributed by atoms with E-state index in [4.69, 9.17) is 13.9 Å². The van der Waals surface area contributed by atoms with Gasteiger partial charge in [-0.25, -0.2) is 0 Å². The van der Waals surface area contributed by atoms with Gasteiger partial charge in [-0.3, -0.25) is 4.79 Å². The highest BCUT2D eigenvalue weighted by Gasteiger charge is 2.44. The van der Waals surface area contributed by atoms with Crippen LogP contribution in [0.15, 0.2) is 39.5 Å². The van der Waals surface area contributed by atoms with Gasteiger partial charge in [0.2, 0.25) is 17.5 Å². The van der Waals surface area contributed by atoms with Crippen LogP contribution in [0.3, 0.4) is 0 Å². The first-order valence-corrected chi connectivity index (χ1v) is 9.05. The predicted molar refractivity (Wildman–Crippen MR) is 103 cm³/mol. The predicted octanol–water partition coefficient (Wildman–Crippen LogP) is 0.100. The Kier molecular flexibility index (Phi) is 5.11. The molecule has 0 aliphatic carbocycles. The number of fused-ring (bicyclic) bond motifs is 1. The van der Waals surface area contributed by atoms with E-state index in [9.17, 15) is 40.5 Å². The molecule has 0 radical (unpaired) electrons. The molecular weight excluding hydrogens is 416 g/mol. The minimum absolute atomic E-state index is 0.0684. The second kappa shape index (κ2) is 7.63. The molecule has 11 heteroatoms. The summed E-state index contributed by atoms with van der Waals surface area (Å²) in [4.78, 5) is 13.1. The van der Waals surface area contributed by atoms with E-state index >= 15 is 0 Å². The molecule has 0 saturated carbocycles. The molecule has 1 fully saturated rings. The molecule has 0 amide bonds. The number of aromatic hydroxyl groups is 4. The zero-order valence-electron chi connectivity index (χ0n) is 15.7. The van der Waals surface area contributed by atoms with E-state index in [-0.39, 0.29) is 28.0 Å². The summed E-state index contributed by atoms with van der Waals surface area (Å²) in [6.07, 6.45) is -5.86. The van der Waals surface area contributed by atoms with Gasteiger partial charge in [-0.05, 0) is 18.2 Å². The van der Waals surface area contributed by atoms with Crippen molar-refractivity contribution in [3.63, 3.8) is 0 Å². The third-order valence-electron chi connectivity index (χ3n) is 4.89. The van der Waals surface area contributed by atoms with E-state index in [0.29, 0.717) is 0 Å². The topological polar surface area (TPSA) is 190 Å². The lowest BCUT2D eigenvalue weighted by molar-refractivity contribution is -0.117. The van der Waals surface area contributed by atoms with Crippen LogP contribution < -0.4 is 10.2 Å². The van der Waals surface area contributed by atoms with Gasteiger partial charge in [-0.15, -0.1) is 0 Å². The summed E-state index contributed by atoms with van der Waals surface area (Å²) >= 11 is 0. The fourth-order valence-corrected chi connectivity index (χ4v) is 3.31. The highest BCUT2D eigenvalue weighted by molar-refractivity contribution is 5.88. The zero-order chi connectivity index (χ0) is 22.4. The Hall–Kier alpha value is -3.51. The van der Waals surface area contributed by atoms with E-state index < -0.39 is 59.6 Å². The molecule has 1 saturated heterocycles. The Morgan fingerprint density at radius 2 is 1.68 bits per heavy atom. The number of aliphatic hydroxyl groups is 3. The number of hydrogen-bond donors (Lipinski definition) is 7. The van der Waals surface area contributed by atoms with Crippen molar-refractivity contribution in [2.24, 2.45) is 0 Å². The minimum atomic E-state index is -1.62. The fourth-order valence-electron chi connectivity index (χ4n) is 3.31. The van der Waals surface area contributed by atoms with Gasteiger partial charge in [0.05, 0.1) is 6.61 Å². The van der Waals surface area contributed by atoms with Crippen molar-refractivity contribution < 1.29 is 49.6 Å². The third kappa shape index (κ3) is 3.49. The van der Waals surface area contributed by atoms with Gasteiger partial charge in [0.1, 0.15) is 40.8 Å². The average Bonchev–Trinajstić information content (AvgIpc) is 2.99. The Morgan fingerprint density at radius 3 is 2.32 bits per heavy atom. The second-order valence-electron chi connectivity index (χ2n) is 6.96. The molecule has 0 bridgehead atoms. The van der Waals surface area contributed by atoms with Crippen molar-refractivity contribution in [2.45, 2.75) is 24.6 Å². The molecule has 11 nitrogen and oxygen atoms in total. The molecule has 0 spiro atoms. The van der Waals surface area contributed by atoms with Crippen molar-refractivity contribution in [3.8, 4) is 40.1 Å². The Balaban J connectivity index is 1.92. The molecule has 2 heterocycles. The molecule has 31 heavy (non-hydrogen) atoms. The summed E-state index contributed by atoms with van der Waals surface area (Å²) in [6, 6.07) is 5.50. The van der Waals surface area contributed by atoms with E-state index in [1.54, 1.807) is 0 Å². The van der Waals surface area contributed by atoms with E-state index in [1.165, 1.54) is 6.07 Å². The maximum Gasteiger partial charge on any atom is 0.239 e. The Labute approximate surface area is 173 Å². The molecule has 1 aliphatic heterocycles. The van der Waals surface area contributed by atoms with Crippen LogP contribution in [0, 0.1) is 0 Å². The van der Waals surface area contributed by atoms with E-state index in [1.807, 2.05) is 0 Å². The van der Waals surface area contributed by atoms with Crippen LogP contribution in [0.25, 0.3) is 22.3 Å². The lowest BCUT2D eigenvalue weighted by Gasteiger charge is -2.19. The first kappa shape index (κ1) is 20.8. The Bertz CT molecular complexity index is 1200. The van der Waals surface area contributed by atoms with Crippen LogP contribution in [0.2, 0.25) is 0 Å². The highest BCUT2D eigenvalue weighted by atomic mass is 16.7. The van der Waals surface area contributed by atoms with Crippen molar-refractivity contribution in [1.29, 1.82) is 0 Å². The molecule has 4 atom stereocenters. The molecular formula is C20H18O11. The quantitative estimate of drug-likeness (QED) is 0.276. The van der Waals surface area contributed by atoms with Gasteiger partial charge in [0.25, 0.3) is 0 Å². The smallest absolute Gasteiger partial charge is 0.239 e. The number of ether oxygens (including phenoxy) is 2. The number of hydrogen-bond acceptors (Lipinski definition) is 11. The molecule has 2 aromatic carbocycles. The SMILES string of the molecule is O=c1c(O[C@H]2O[C@H](CO)[C@@H](O)[C@@H]2O)c(-c2ccc(O)c(O)c2)oc2cc(O)cc(O)c12. The van der Waals surface area contributed by atoms with Crippen LogP contribution in [0.1, 0.15) is 0 Å². The number of aliphatic hydroxyl groups excluding tert-OH is 3. The molecule has 7 N–H and O–H groups in total. The summed E-state index contributed by atoms with van der Waals surface area (Å²) in [6.45, 7) is -0.622. The summed E-state index contributed by atoms with van der Waals surface area (Å²) < 4.78 is 16.4. The Morgan fingerprint density at radius 1 is 0.935 bits per heavy atom. The summed E-state index contributed by atoms with van der Waals surface area (Å²) in [5.41, 5.74) is -1.04. The third-order valence-corrected chi connectivity index (χ3v) is 4.89.